The van der Waals surface area contributed by atoms with E-state index in [9.17, 15) is 9.90 Å². The van der Waals surface area contributed by atoms with Gasteiger partial charge in [-0.1, -0.05) is 65.8 Å². The van der Waals surface area contributed by atoms with Crippen molar-refractivity contribution in [1.29, 1.82) is 0 Å². The number of hydrogen-bond acceptors (Lipinski definition) is 4. The molecule has 0 amide bonds. The third kappa shape index (κ3) is 6.26. The van der Waals surface area contributed by atoms with Gasteiger partial charge in [-0.25, -0.2) is 0 Å². The molecule has 0 fully saturated rings. The molecule has 5 heteroatoms. The summed E-state index contributed by atoms with van der Waals surface area (Å²) in [6, 6.07) is 16.1. The standard InChI is InChI=1S/C21H14NO.C13H24O2.Ir/c1-12-10-13(2)15-6-7-16-20(17(15)11-12)22-18-5-3-4-14-8-9-23-21(16)19(14)18;1-5-10(6-2)12(14)9-13(15)11(7-3)8-4;/h3-10H,1-2H3;9-11,14H,5-8H2,1-4H3;/q-1;;/b;12-9-;. The van der Waals surface area contributed by atoms with E-state index in [1.807, 2.05) is 45.9 Å². The number of pyridine rings is 1. The Morgan fingerprint density at radius 2 is 1.67 bits per heavy atom. The van der Waals surface area contributed by atoms with Crippen molar-refractivity contribution < 1.29 is 34.7 Å². The van der Waals surface area contributed by atoms with Crippen LogP contribution < -0.4 is 4.74 Å². The number of fused-ring (bicyclic) bond motifs is 4. The number of aryl methyl sites for hydroxylation is 2. The molecule has 1 aromatic heterocycles. The van der Waals surface area contributed by atoms with Gasteiger partial charge in [0.15, 0.2) is 5.78 Å². The molecule has 4 aromatic rings. The number of aliphatic hydroxyl groups is 1. The zero-order chi connectivity index (χ0) is 27.4. The molecule has 0 atom stereocenters. The summed E-state index contributed by atoms with van der Waals surface area (Å²) in [5.41, 5.74) is 5.47. The first-order valence-corrected chi connectivity index (χ1v) is 13.8. The van der Waals surface area contributed by atoms with E-state index < -0.39 is 0 Å². The number of ketones is 1. The summed E-state index contributed by atoms with van der Waals surface area (Å²) >= 11 is 0. The number of ether oxygens (including phenoxy) is 1. The fourth-order valence-electron chi connectivity index (χ4n) is 5.35. The van der Waals surface area contributed by atoms with E-state index >= 15 is 0 Å². The summed E-state index contributed by atoms with van der Waals surface area (Å²) in [5, 5.41) is 14.2. The summed E-state index contributed by atoms with van der Waals surface area (Å²) in [4.78, 5) is 16.7. The smallest absolute Gasteiger partial charge is 0.162 e. The van der Waals surface area contributed by atoms with Crippen LogP contribution in [0, 0.1) is 31.7 Å². The van der Waals surface area contributed by atoms with Crippen molar-refractivity contribution in [2.75, 3.05) is 0 Å². The maximum atomic E-state index is 11.7. The van der Waals surface area contributed by atoms with Crippen molar-refractivity contribution in [2.45, 2.75) is 67.2 Å². The zero-order valence-electron chi connectivity index (χ0n) is 23.7. The number of allylic oxidation sites excluding steroid dienone is 2. The Morgan fingerprint density at radius 3 is 2.33 bits per heavy atom. The number of benzene rings is 3. The van der Waals surface area contributed by atoms with Crippen LogP contribution in [-0.4, -0.2) is 15.9 Å². The van der Waals surface area contributed by atoms with Crippen LogP contribution in [0.3, 0.4) is 0 Å². The predicted octanol–water partition coefficient (Wildman–Crippen LogP) is 9.19. The van der Waals surface area contributed by atoms with Gasteiger partial charge in [0.1, 0.15) is 5.75 Å². The summed E-state index contributed by atoms with van der Waals surface area (Å²) in [5.74, 6) is 1.45. The van der Waals surface area contributed by atoms with Crippen molar-refractivity contribution in [3.63, 3.8) is 0 Å². The molecule has 2 heterocycles. The Balaban J connectivity index is 0.000000233. The van der Waals surface area contributed by atoms with Gasteiger partial charge >= 0.3 is 0 Å². The molecule has 0 unspecified atom stereocenters. The van der Waals surface area contributed by atoms with Crippen molar-refractivity contribution in [3.05, 3.63) is 77.3 Å². The van der Waals surface area contributed by atoms with Crippen LogP contribution in [-0.2, 0) is 24.9 Å². The molecule has 0 bridgehead atoms. The first-order valence-electron chi connectivity index (χ1n) is 13.8. The fourth-order valence-corrected chi connectivity index (χ4v) is 5.35. The van der Waals surface area contributed by atoms with E-state index in [4.69, 9.17) is 9.72 Å². The molecule has 3 aromatic carbocycles. The second-order valence-electron chi connectivity index (χ2n) is 10.1. The number of nitrogens with zero attached hydrogens (tertiary/aromatic N) is 1. The minimum Gasteiger partial charge on any atom is -0.512 e. The molecule has 1 radical (unpaired) electrons. The molecule has 0 spiro atoms. The number of carbonyl (C=O) groups is 1. The Labute approximate surface area is 245 Å². The quantitative estimate of drug-likeness (QED) is 0.0687. The van der Waals surface area contributed by atoms with Crippen LogP contribution in [0.25, 0.3) is 38.7 Å². The van der Waals surface area contributed by atoms with Crippen LogP contribution in [0.1, 0.15) is 70.1 Å². The third-order valence-electron chi connectivity index (χ3n) is 7.65. The van der Waals surface area contributed by atoms with Gasteiger partial charge in [0.05, 0.1) is 17.5 Å². The Bertz CT molecular complexity index is 1550. The van der Waals surface area contributed by atoms with E-state index in [0.717, 1.165) is 69.8 Å². The molecule has 0 aliphatic carbocycles. The van der Waals surface area contributed by atoms with Crippen LogP contribution in [0.4, 0.5) is 0 Å². The monoisotopic (exact) mass is 701 g/mol. The Morgan fingerprint density at radius 1 is 1.00 bits per heavy atom. The number of rotatable bonds is 7. The summed E-state index contributed by atoms with van der Waals surface area (Å²) < 4.78 is 5.88. The van der Waals surface area contributed by atoms with Crippen LogP contribution in [0.5, 0.6) is 5.75 Å². The van der Waals surface area contributed by atoms with Crippen LogP contribution in [0.15, 0.2) is 54.5 Å². The van der Waals surface area contributed by atoms with Crippen LogP contribution in [0.2, 0.25) is 0 Å². The first kappa shape index (κ1) is 30.5. The Kier molecular flexibility index (Phi) is 10.5. The number of carbonyl (C=O) groups excluding carboxylic acids is 1. The number of hydrogen-bond donors (Lipinski definition) is 1. The molecule has 0 saturated carbocycles. The van der Waals surface area contributed by atoms with Gasteiger partial charge in [-0.2, -0.15) is 0 Å². The second kappa shape index (κ2) is 13.4. The van der Waals surface area contributed by atoms with Gasteiger partial charge < -0.3 is 9.84 Å². The third-order valence-corrected chi connectivity index (χ3v) is 7.65. The maximum absolute atomic E-state index is 11.7. The molecule has 5 rings (SSSR count). The van der Waals surface area contributed by atoms with E-state index in [2.05, 4.69) is 44.2 Å². The fraction of sp³-hybridized carbons (Fsp3) is 0.353. The molecule has 207 valence electrons. The van der Waals surface area contributed by atoms with E-state index in [-0.39, 0.29) is 43.5 Å². The van der Waals surface area contributed by atoms with E-state index in [1.165, 1.54) is 17.0 Å². The molecule has 4 nitrogen and oxygen atoms in total. The average molecular weight is 701 g/mol. The minimum atomic E-state index is 0. The Hall–Kier alpha value is -3.01. The molecule has 1 aliphatic rings. The van der Waals surface area contributed by atoms with Gasteiger partial charge in [0.25, 0.3) is 0 Å². The normalized spacial score (nSPS) is 12.5. The SMILES string of the molecule is CCC(CC)C(=O)/C=C(\O)C(CC)CC.Cc1[c-]c2c(ccc3c4c5c(cccc5nc32)C=CO4)c(C)c1.[Ir]. The molecular formula is C34H38IrNO3-. The molecule has 39 heavy (non-hydrogen) atoms. The molecular weight excluding hydrogens is 663 g/mol. The summed E-state index contributed by atoms with van der Waals surface area (Å²) in [7, 11) is 0. The van der Waals surface area contributed by atoms with Gasteiger partial charge in [-0.15, -0.1) is 34.0 Å². The van der Waals surface area contributed by atoms with E-state index in [0.29, 0.717) is 0 Å². The van der Waals surface area contributed by atoms with Crippen LogP contribution >= 0.6 is 0 Å². The summed E-state index contributed by atoms with van der Waals surface area (Å²) in [6.45, 7) is 12.3. The van der Waals surface area contributed by atoms with E-state index in [1.54, 1.807) is 6.26 Å². The first-order chi connectivity index (χ1) is 18.3. The number of aromatic nitrogens is 1. The minimum absolute atomic E-state index is 0. The molecule has 0 saturated heterocycles. The summed E-state index contributed by atoms with van der Waals surface area (Å²) in [6.07, 6.45) is 8.65. The van der Waals surface area contributed by atoms with Crippen molar-refractivity contribution >= 4 is 44.4 Å². The van der Waals surface area contributed by atoms with Crippen molar-refractivity contribution in [3.8, 4) is 5.75 Å². The maximum Gasteiger partial charge on any atom is 0.162 e. The largest absolute Gasteiger partial charge is 0.512 e. The topological polar surface area (TPSA) is 59.4 Å². The zero-order valence-corrected chi connectivity index (χ0v) is 26.1. The van der Waals surface area contributed by atoms with Gasteiger partial charge in [0.2, 0.25) is 0 Å². The van der Waals surface area contributed by atoms with Gasteiger partial charge in [0, 0.05) is 54.3 Å². The van der Waals surface area contributed by atoms with Gasteiger partial charge in [-0.3, -0.25) is 9.78 Å². The van der Waals surface area contributed by atoms with Gasteiger partial charge in [-0.05, 0) is 43.4 Å². The second-order valence-corrected chi connectivity index (χ2v) is 10.1. The molecule has 1 aliphatic heterocycles. The average Bonchev–Trinajstić information content (AvgIpc) is 2.91. The van der Waals surface area contributed by atoms with Crippen molar-refractivity contribution in [2.24, 2.45) is 11.8 Å². The molecule has 1 N–H and O–H groups in total. The number of aliphatic hydroxyl groups excluding tert-OH is 1. The predicted molar refractivity (Wildman–Crippen MR) is 159 cm³/mol. The van der Waals surface area contributed by atoms with Crippen molar-refractivity contribution in [1.82, 2.24) is 4.98 Å².